The Kier molecular flexibility index (Phi) is 21.3. The van der Waals surface area contributed by atoms with Gasteiger partial charge in [0.05, 0.1) is 25.9 Å². The molecule has 0 aromatic rings. The van der Waals surface area contributed by atoms with Crippen LogP contribution in [0, 0.1) is 0 Å². The SMILES string of the molecule is CCCC(CC)OC(=O)NCCOC(=O)CCN(CCC(=O)OCCNC(=O)OC(CC)CCC)CCC1CCCN1C. The average molecular weight is 615 g/mol. The molecule has 3 unspecified atom stereocenters. The van der Waals surface area contributed by atoms with E-state index in [0.717, 1.165) is 64.5 Å². The van der Waals surface area contributed by atoms with E-state index < -0.39 is 12.2 Å². The van der Waals surface area contributed by atoms with Crippen molar-refractivity contribution in [1.82, 2.24) is 20.4 Å². The zero-order valence-corrected chi connectivity index (χ0v) is 27.3. The van der Waals surface area contributed by atoms with Gasteiger partial charge in [0.1, 0.15) is 25.4 Å². The zero-order chi connectivity index (χ0) is 31.9. The van der Waals surface area contributed by atoms with E-state index in [2.05, 4.69) is 27.5 Å². The van der Waals surface area contributed by atoms with Gasteiger partial charge in [0.25, 0.3) is 0 Å². The van der Waals surface area contributed by atoms with E-state index in [9.17, 15) is 19.2 Å². The minimum Gasteiger partial charge on any atom is -0.464 e. The lowest BCUT2D eigenvalue weighted by atomic mass is 10.1. The van der Waals surface area contributed by atoms with Gasteiger partial charge in [-0.15, -0.1) is 0 Å². The van der Waals surface area contributed by atoms with Gasteiger partial charge in [0.15, 0.2) is 0 Å². The first-order chi connectivity index (χ1) is 20.7. The molecule has 1 heterocycles. The van der Waals surface area contributed by atoms with Crippen molar-refractivity contribution in [1.29, 1.82) is 0 Å². The largest absolute Gasteiger partial charge is 0.464 e. The second kappa shape index (κ2) is 23.8. The maximum atomic E-state index is 12.4. The van der Waals surface area contributed by atoms with Crippen molar-refractivity contribution in [3.8, 4) is 0 Å². The molecular weight excluding hydrogens is 556 g/mol. The second-order valence-corrected chi connectivity index (χ2v) is 11.1. The van der Waals surface area contributed by atoms with Crippen LogP contribution >= 0.6 is 0 Å². The summed E-state index contributed by atoms with van der Waals surface area (Å²) in [5.41, 5.74) is 0. The highest BCUT2D eigenvalue weighted by Gasteiger charge is 2.22. The molecule has 0 radical (unpaired) electrons. The van der Waals surface area contributed by atoms with E-state index in [1.165, 1.54) is 6.42 Å². The number of likely N-dealkylation sites (tertiary alicyclic amines) is 1. The van der Waals surface area contributed by atoms with Crippen LogP contribution in [0.15, 0.2) is 0 Å². The van der Waals surface area contributed by atoms with Gasteiger partial charge in [0.2, 0.25) is 0 Å². The third-order valence-electron chi connectivity index (χ3n) is 7.66. The Labute approximate surface area is 258 Å². The number of alkyl carbamates (subject to hydrolysis) is 2. The van der Waals surface area contributed by atoms with Gasteiger partial charge < -0.3 is 39.4 Å². The summed E-state index contributed by atoms with van der Waals surface area (Å²) in [6, 6.07) is 0.493. The summed E-state index contributed by atoms with van der Waals surface area (Å²) in [5.74, 6) is -0.722. The molecule has 1 aliphatic heterocycles. The zero-order valence-electron chi connectivity index (χ0n) is 27.3. The Morgan fingerprint density at radius 3 is 1.67 bits per heavy atom. The van der Waals surface area contributed by atoms with E-state index in [4.69, 9.17) is 18.9 Å². The highest BCUT2D eigenvalue weighted by atomic mass is 16.6. The number of carbonyl (C=O) groups is 4. The molecule has 1 rings (SSSR count). The van der Waals surface area contributed by atoms with Crippen LogP contribution in [-0.4, -0.2) is 112 Å². The number of hydrogen-bond donors (Lipinski definition) is 2. The molecule has 2 amide bonds. The molecule has 1 saturated heterocycles. The van der Waals surface area contributed by atoms with Crippen LogP contribution in [-0.2, 0) is 28.5 Å². The highest BCUT2D eigenvalue weighted by Crippen LogP contribution is 2.18. The lowest BCUT2D eigenvalue weighted by molar-refractivity contribution is -0.144. The summed E-state index contributed by atoms with van der Waals surface area (Å²) in [5, 5.41) is 5.24. The quantitative estimate of drug-likeness (QED) is 0.0977. The molecule has 0 saturated carbocycles. The lowest BCUT2D eigenvalue weighted by Crippen LogP contribution is -2.35. The van der Waals surface area contributed by atoms with Gasteiger partial charge in [-0.1, -0.05) is 40.5 Å². The predicted molar refractivity (Wildman–Crippen MR) is 165 cm³/mol. The number of esters is 2. The van der Waals surface area contributed by atoms with Crippen LogP contribution < -0.4 is 10.6 Å². The maximum Gasteiger partial charge on any atom is 0.407 e. The minimum atomic E-state index is -0.501. The summed E-state index contributed by atoms with van der Waals surface area (Å²) in [6.07, 6.45) is 7.44. The summed E-state index contributed by atoms with van der Waals surface area (Å²) >= 11 is 0. The molecule has 0 aliphatic carbocycles. The van der Waals surface area contributed by atoms with E-state index in [1.807, 2.05) is 27.7 Å². The summed E-state index contributed by atoms with van der Waals surface area (Å²) in [6.45, 7) is 11.3. The van der Waals surface area contributed by atoms with Crippen LogP contribution in [0.2, 0.25) is 0 Å². The monoisotopic (exact) mass is 614 g/mol. The Hall–Kier alpha value is -2.60. The van der Waals surface area contributed by atoms with Gasteiger partial charge in [-0.25, -0.2) is 9.59 Å². The molecule has 3 atom stereocenters. The van der Waals surface area contributed by atoms with Gasteiger partial charge in [0, 0.05) is 19.1 Å². The second-order valence-electron chi connectivity index (χ2n) is 11.1. The summed E-state index contributed by atoms with van der Waals surface area (Å²) < 4.78 is 21.3. The van der Waals surface area contributed by atoms with Gasteiger partial charge in [-0.2, -0.15) is 0 Å². The van der Waals surface area contributed by atoms with Crippen LogP contribution in [0.5, 0.6) is 0 Å². The molecule has 1 fully saturated rings. The maximum absolute atomic E-state index is 12.4. The number of amides is 2. The third kappa shape index (κ3) is 18.6. The molecule has 250 valence electrons. The van der Waals surface area contributed by atoms with E-state index in [-0.39, 0.29) is 63.3 Å². The average Bonchev–Trinajstić information content (AvgIpc) is 3.40. The van der Waals surface area contributed by atoms with Gasteiger partial charge in [-0.05, 0) is 65.1 Å². The number of nitrogens with one attached hydrogen (secondary N) is 2. The first-order valence-electron chi connectivity index (χ1n) is 16.3. The predicted octanol–water partition coefficient (Wildman–Crippen LogP) is 4.25. The number of ether oxygens (including phenoxy) is 4. The van der Waals surface area contributed by atoms with Crippen molar-refractivity contribution in [2.75, 3.05) is 59.5 Å². The third-order valence-corrected chi connectivity index (χ3v) is 7.66. The van der Waals surface area contributed by atoms with Crippen molar-refractivity contribution in [2.24, 2.45) is 0 Å². The van der Waals surface area contributed by atoms with Crippen LogP contribution in [0.3, 0.4) is 0 Å². The smallest absolute Gasteiger partial charge is 0.407 e. The number of carbonyl (C=O) groups excluding carboxylic acids is 4. The molecule has 0 spiro atoms. The fourth-order valence-corrected chi connectivity index (χ4v) is 5.01. The summed E-state index contributed by atoms with van der Waals surface area (Å²) in [4.78, 5) is 53.0. The molecule has 1 aliphatic rings. The van der Waals surface area contributed by atoms with Crippen LogP contribution in [0.25, 0.3) is 0 Å². The Bertz CT molecular complexity index is 748. The standard InChI is InChI=1S/C31H58N4O8/c1-6-11-26(8-3)42-30(38)32-17-23-40-28(36)15-21-35(20-14-25-13-10-19-34(25)5)22-16-29(37)41-24-18-33-31(39)43-27(9-4)12-7-2/h25-27H,6-24H2,1-5H3,(H,32,38)(H,33,39). The number of nitrogens with zero attached hydrogens (tertiary/aromatic N) is 2. The molecule has 12 heteroatoms. The van der Waals surface area contributed by atoms with Crippen molar-refractivity contribution in [3.63, 3.8) is 0 Å². The van der Waals surface area contributed by atoms with Gasteiger partial charge >= 0.3 is 24.1 Å². The number of rotatable bonds is 23. The normalized spacial score (nSPS) is 16.4. The first-order valence-corrected chi connectivity index (χ1v) is 16.3. The molecule has 0 aromatic carbocycles. The van der Waals surface area contributed by atoms with Crippen LogP contribution in [0.4, 0.5) is 9.59 Å². The Morgan fingerprint density at radius 2 is 1.28 bits per heavy atom. The molecule has 12 nitrogen and oxygen atoms in total. The van der Waals surface area contributed by atoms with Crippen LogP contribution in [0.1, 0.15) is 98.3 Å². The van der Waals surface area contributed by atoms with Crippen molar-refractivity contribution < 1.29 is 38.1 Å². The first kappa shape index (κ1) is 38.4. The van der Waals surface area contributed by atoms with E-state index >= 15 is 0 Å². The van der Waals surface area contributed by atoms with Crippen molar-refractivity contribution in [2.45, 2.75) is 117 Å². The van der Waals surface area contributed by atoms with Crippen molar-refractivity contribution in [3.05, 3.63) is 0 Å². The fourth-order valence-electron chi connectivity index (χ4n) is 5.01. The Balaban J connectivity index is 2.38. The molecule has 0 aromatic heterocycles. The van der Waals surface area contributed by atoms with E-state index in [1.54, 1.807) is 0 Å². The fraction of sp³-hybridized carbons (Fsp3) is 0.871. The summed E-state index contributed by atoms with van der Waals surface area (Å²) in [7, 11) is 2.13. The molecule has 43 heavy (non-hydrogen) atoms. The molecule has 2 N–H and O–H groups in total. The van der Waals surface area contributed by atoms with E-state index in [0.29, 0.717) is 19.1 Å². The Morgan fingerprint density at radius 1 is 0.791 bits per heavy atom. The van der Waals surface area contributed by atoms with Gasteiger partial charge in [-0.3, -0.25) is 9.59 Å². The number of hydrogen-bond acceptors (Lipinski definition) is 10. The highest BCUT2D eigenvalue weighted by molar-refractivity contribution is 5.70. The molecule has 0 bridgehead atoms. The minimum absolute atomic E-state index is 0.0664. The lowest BCUT2D eigenvalue weighted by Gasteiger charge is -2.26. The topological polar surface area (TPSA) is 136 Å². The van der Waals surface area contributed by atoms with Crippen molar-refractivity contribution >= 4 is 24.1 Å². The molecular formula is C31H58N4O8.